The van der Waals surface area contributed by atoms with Gasteiger partial charge in [-0.1, -0.05) is 77.1 Å². The van der Waals surface area contributed by atoms with Gasteiger partial charge < -0.3 is 10.4 Å². The fraction of sp³-hybridized carbons (Fsp3) is 0.414. The van der Waals surface area contributed by atoms with Crippen molar-refractivity contribution in [2.75, 3.05) is 12.4 Å². The van der Waals surface area contributed by atoms with Crippen LogP contribution in [0.25, 0.3) is 22.0 Å². The van der Waals surface area contributed by atoms with E-state index in [9.17, 15) is 18.0 Å². The number of aliphatic hydroxyl groups is 1. The lowest BCUT2D eigenvalue weighted by atomic mass is 9.96. The molecule has 0 aliphatic heterocycles. The Kier molecular flexibility index (Phi) is 13.5. The smallest absolute Gasteiger partial charge is 0.400 e. The number of aromatic nitrogens is 2. The monoisotopic (exact) mass is 517 g/mol. The zero-order chi connectivity index (χ0) is 28.0. The van der Waals surface area contributed by atoms with Crippen molar-refractivity contribution in [1.29, 1.82) is 0 Å². The lowest BCUT2D eigenvalue weighted by Gasteiger charge is -2.24. The highest BCUT2D eigenvalue weighted by Gasteiger charge is 2.30. The van der Waals surface area contributed by atoms with E-state index in [0.29, 0.717) is 29.4 Å². The number of nitrogens with one attached hydrogen (secondary N) is 1. The Bertz CT molecular complexity index is 1120. The number of fused-ring (bicyclic) bond motifs is 1. The Balaban J connectivity index is 0.000000659. The number of nitrogens with zero attached hydrogens (tertiary/aromatic N) is 2. The van der Waals surface area contributed by atoms with Crippen molar-refractivity contribution < 1.29 is 23.1 Å². The van der Waals surface area contributed by atoms with Crippen molar-refractivity contribution in [2.24, 2.45) is 5.92 Å². The molecule has 1 heterocycles. The number of rotatable bonds is 9. The van der Waals surface area contributed by atoms with E-state index in [2.05, 4.69) is 42.9 Å². The molecule has 8 heteroatoms. The first-order valence-corrected chi connectivity index (χ1v) is 12.5. The van der Waals surface area contributed by atoms with Gasteiger partial charge in [0.1, 0.15) is 5.69 Å². The number of aliphatic hydroxyl groups excluding tert-OH is 1. The average Bonchev–Trinajstić information content (AvgIpc) is 2.92. The summed E-state index contributed by atoms with van der Waals surface area (Å²) in [5, 5.41) is 21.0. The van der Waals surface area contributed by atoms with Gasteiger partial charge in [-0.15, -0.1) is 10.2 Å². The first-order chi connectivity index (χ1) is 17.7. The third kappa shape index (κ3) is 9.28. The molecule has 37 heavy (non-hydrogen) atoms. The standard InChI is InChI=1S/C22H24F3N3.C6H10O.CH4O/c1-4-14(3)19(5-2)26-21-18-9-7-6-8-17(18)20(27-28-21)15-10-12-16(13-11-15)22(23,24)25;1-3-5-6(7)4-2;1-2/h6-14,19H,4-5H2,1-3H3,(H,26,28);4H,2-3,5H2,1H3;2H,1H3. The van der Waals surface area contributed by atoms with E-state index >= 15 is 0 Å². The van der Waals surface area contributed by atoms with Gasteiger partial charge in [-0.3, -0.25) is 4.79 Å². The zero-order valence-electron chi connectivity index (χ0n) is 22.3. The van der Waals surface area contributed by atoms with Crippen LogP contribution in [0.1, 0.15) is 58.9 Å². The normalized spacial score (nSPS) is 12.4. The summed E-state index contributed by atoms with van der Waals surface area (Å²) in [6, 6.07) is 13.0. The zero-order valence-corrected chi connectivity index (χ0v) is 22.3. The Morgan fingerprint density at radius 3 is 2.05 bits per heavy atom. The van der Waals surface area contributed by atoms with E-state index in [1.807, 2.05) is 31.2 Å². The Morgan fingerprint density at radius 2 is 1.59 bits per heavy atom. The Labute approximate surface area is 217 Å². The summed E-state index contributed by atoms with van der Waals surface area (Å²) in [5.74, 6) is 1.33. The largest absolute Gasteiger partial charge is 0.416 e. The van der Waals surface area contributed by atoms with Gasteiger partial charge in [0.15, 0.2) is 11.6 Å². The number of halogens is 3. The number of alkyl halides is 3. The van der Waals surface area contributed by atoms with Gasteiger partial charge in [-0.05, 0) is 37.0 Å². The minimum atomic E-state index is -4.36. The maximum atomic E-state index is 12.8. The molecule has 0 radical (unpaired) electrons. The van der Waals surface area contributed by atoms with Crippen LogP contribution in [0.3, 0.4) is 0 Å². The molecule has 1 aromatic heterocycles. The average molecular weight is 518 g/mol. The van der Waals surface area contributed by atoms with Crippen LogP contribution in [0.5, 0.6) is 0 Å². The molecular weight excluding hydrogens is 479 g/mol. The molecule has 0 bridgehead atoms. The number of carbonyl (C=O) groups is 1. The van der Waals surface area contributed by atoms with Crippen LogP contribution in [-0.4, -0.2) is 34.2 Å². The molecule has 2 aromatic carbocycles. The molecule has 2 N–H and O–H groups in total. The summed E-state index contributed by atoms with van der Waals surface area (Å²) in [5.41, 5.74) is 0.509. The summed E-state index contributed by atoms with van der Waals surface area (Å²) in [6.45, 7) is 11.8. The van der Waals surface area contributed by atoms with Crippen molar-refractivity contribution in [3.05, 3.63) is 66.7 Å². The van der Waals surface area contributed by atoms with E-state index in [-0.39, 0.29) is 11.8 Å². The van der Waals surface area contributed by atoms with Gasteiger partial charge in [-0.25, -0.2) is 0 Å². The maximum absolute atomic E-state index is 12.8. The molecule has 2 unspecified atom stereocenters. The number of allylic oxidation sites excluding steroid dienone is 1. The minimum absolute atomic E-state index is 0.141. The summed E-state index contributed by atoms with van der Waals surface area (Å²) in [7, 11) is 1.00. The number of benzene rings is 2. The lowest BCUT2D eigenvalue weighted by molar-refractivity contribution is -0.137. The van der Waals surface area contributed by atoms with Crippen molar-refractivity contribution >= 4 is 22.4 Å². The van der Waals surface area contributed by atoms with Gasteiger partial charge >= 0.3 is 6.18 Å². The highest BCUT2D eigenvalue weighted by atomic mass is 19.4. The van der Waals surface area contributed by atoms with Crippen molar-refractivity contribution in [3.63, 3.8) is 0 Å². The minimum Gasteiger partial charge on any atom is -0.400 e. The van der Waals surface area contributed by atoms with Crippen LogP contribution in [0, 0.1) is 5.92 Å². The van der Waals surface area contributed by atoms with Crippen LogP contribution >= 0.6 is 0 Å². The highest BCUT2D eigenvalue weighted by Crippen LogP contribution is 2.34. The Hall–Kier alpha value is -3.26. The second kappa shape index (κ2) is 15.8. The molecule has 0 fully saturated rings. The second-order valence-corrected chi connectivity index (χ2v) is 8.48. The van der Waals surface area contributed by atoms with E-state index in [0.717, 1.165) is 49.3 Å². The van der Waals surface area contributed by atoms with Crippen LogP contribution in [0.15, 0.2) is 61.2 Å². The van der Waals surface area contributed by atoms with Crippen molar-refractivity contribution in [3.8, 4) is 11.3 Å². The lowest BCUT2D eigenvalue weighted by Crippen LogP contribution is -2.27. The van der Waals surface area contributed by atoms with E-state index in [1.165, 1.54) is 18.2 Å². The molecule has 202 valence electrons. The van der Waals surface area contributed by atoms with Crippen molar-refractivity contribution in [1.82, 2.24) is 10.2 Å². The molecule has 0 saturated heterocycles. The number of hydrogen-bond acceptors (Lipinski definition) is 5. The SMILES string of the molecule is C=CC(=O)CCC.CCC(C)C(CC)Nc1nnc(-c2ccc(C(F)(F)F)cc2)c2ccccc12.CO. The third-order valence-corrected chi connectivity index (χ3v) is 5.99. The molecule has 2 atom stereocenters. The molecule has 0 aliphatic rings. The topological polar surface area (TPSA) is 75.1 Å². The number of hydrogen-bond donors (Lipinski definition) is 2. The maximum Gasteiger partial charge on any atom is 0.416 e. The summed E-state index contributed by atoms with van der Waals surface area (Å²) in [6.07, 6.45) is 0.592. The van der Waals surface area contributed by atoms with Crippen molar-refractivity contribution in [2.45, 2.75) is 65.6 Å². The second-order valence-electron chi connectivity index (χ2n) is 8.48. The van der Waals surface area contributed by atoms with E-state index in [1.54, 1.807) is 0 Å². The van der Waals surface area contributed by atoms with Gasteiger partial charge in [0.2, 0.25) is 0 Å². The quantitative estimate of drug-likeness (QED) is 0.285. The predicted molar refractivity (Wildman–Crippen MR) is 145 cm³/mol. The van der Waals surface area contributed by atoms with Gasteiger partial charge in [0, 0.05) is 35.9 Å². The first-order valence-electron chi connectivity index (χ1n) is 12.5. The van der Waals surface area contributed by atoms with E-state index in [4.69, 9.17) is 5.11 Å². The fourth-order valence-corrected chi connectivity index (χ4v) is 3.70. The van der Waals surface area contributed by atoms with Crippen LogP contribution in [-0.2, 0) is 11.0 Å². The molecule has 0 saturated carbocycles. The fourth-order valence-electron chi connectivity index (χ4n) is 3.70. The number of carbonyl (C=O) groups excluding carboxylic acids is 1. The summed E-state index contributed by atoms with van der Waals surface area (Å²) < 4.78 is 38.5. The molecular formula is C29H38F3N3O2. The first kappa shape index (κ1) is 31.8. The molecule has 0 spiro atoms. The molecule has 3 rings (SSSR count). The molecule has 0 amide bonds. The summed E-state index contributed by atoms with van der Waals surface area (Å²) >= 11 is 0. The van der Waals surface area contributed by atoms with Crippen LogP contribution in [0.2, 0.25) is 0 Å². The molecule has 5 nitrogen and oxygen atoms in total. The van der Waals surface area contributed by atoms with Gasteiger partial charge in [0.05, 0.1) is 5.56 Å². The van der Waals surface area contributed by atoms with Crippen LogP contribution in [0.4, 0.5) is 19.0 Å². The van der Waals surface area contributed by atoms with Gasteiger partial charge in [-0.2, -0.15) is 13.2 Å². The number of anilines is 1. The highest BCUT2D eigenvalue weighted by molar-refractivity contribution is 6.00. The van der Waals surface area contributed by atoms with Gasteiger partial charge in [0.25, 0.3) is 0 Å². The Morgan fingerprint density at radius 1 is 1.00 bits per heavy atom. The van der Waals surface area contributed by atoms with E-state index < -0.39 is 11.7 Å². The van der Waals surface area contributed by atoms with Crippen LogP contribution < -0.4 is 5.32 Å². The molecule has 3 aromatic rings. The molecule has 0 aliphatic carbocycles. The number of ketones is 1. The predicted octanol–water partition coefficient (Wildman–Crippen LogP) is 7.70. The third-order valence-electron chi connectivity index (χ3n) is 5.99. The summed E-state index contributed by atoms with van der Waals surface area (Å²) in [4.78, 5) is 10.3.